The van der Waals surface area contributed by atoms with Gasteiger partial charge in [-0.15, -0.1) is 0 Å². The number of carbonyl (C=O) groups is 2. The number of nitrogens with one attached hydrogen (secondary N) is 1. The van der Waals surface area contributed by atoms with E-state index in [0.717, 1.165) is 0 Å². The summed E-state index contributed by atoms with van der Waals surface area (Å²) in [5.74, 6) is -1.48. The lowest BCUT2D eigenvalue weighted by Crippen LogP contribution is -2.41. The van der Waals surface area contributed by atoms with Gasteiger partial charge in [0.1, 0.15) is 0 Å². The van der Waals surface area contributed by atoms with Crippen molar-refractivity contribution in [3.63, 3.8) is 0 Å². The maximum atomic E-state index is 10.7. The van der Waals surface area contributed by atoms with Crippen LogP contribution in [0.2, 0.25) is 0 Å². The summed E-state index contributed by atoms with van der Waals surface area (Å²) in [6.07, 6.45) is 1.06. The molecule has 0 radical (unpaired) electrons. The van der Waals surface area contributed by atoms with Crippen LogP contribution in [0.25, 0.3) is 0 Å². The van der Waals surface area contributed by atoms with Crippen LogP contribution >= 0.6 is 0 Å². The van der Waals surface area contributed by atoms with Crippen LogP contribution in [0.15, 0.2) is 0 Å². The molecule has 0 saturated heterocycles. The molecule has 5 heteroatoms. The van der Waals surface area contributed by atoms with E-state index in [0.29, 0.717) is 19.4 Å². The van der Waals surface area contributed by atoms with E-state index in [-0.39, 0.29) is 12.5 Å². The number of carbonyl (C=O) groups excluding carboxylic acids is 2. The normalized spacial score (nSPS) is 12.4. The summed E-state index contributed by atoms with van der Waals surface area (Å²) in [4.78, 5) is 20.7. The van der Waals surface area contributed by atoms with Gasteiger partial charge >= 0.3 is 0 Å². The molecule has 0 heterocycles. The van der Waals surface area contributed by atoms with Gasteiger partial charge in [-0.3, -0.25) is 4.79 Å². The maximum Gasteiger partial charge on any atom is 0.234 e. The van der Waals surface area contributed by atoms with Gasteiger partial charge in [0, 0.05) is 5.97 Å². The van der Waals surface area contributed by atoms with Crippen molar-refractivity contribution < 1.29 is 14.7 Å². The van der Waals surface area contributed by atoms with Crippen LogP contribution < -0.4 is 16.2 Å². The molecule has 0 aromatic heterocycles. The van der Waals surface area contributed by atoms with Crippen molar-refractivity contribution >= 4 is 11.9 Å². The Kier molecular flexibility index (Phi) is 5.88. The van der Waals surface area contributed by atoms with Gasteiger partial charge in [0.15, 0.2) is 0 Å². The van der Waals surface area contributed by atoms with Crippen molar-refractivity contribution in [2.45, 2.75) is 32.2 Å². The molecule has 5 nitrogen and oxygen atoms in total. The van der Waals surface area contributed by atoms with E-state index in [9.17, 15) is 14.7 Å². The highest BCUT2D eigenvalue weighted by Crippen LogP contribution is 1.91. The lowest BCUT2D eigenvalue weighted by molar-refractivity contribution is -0.305. The molecule has 0 aromatic rings. The van der Waals surface area contributed by atoms with E-state index in [1.807, 2.05) is 6.92 Å². The number of aliphatic carboxylic acids is 1. The summed E-state index contributed by atoms with van der Waals surface area (Å²) in [5, 5.41) is 12.9. The van der Waals surface area contributed by atoms with Crippen molar-refractivity contribution in [3.05, 3.63) is 0 Å². The molecule has 76 valence electrons. The second-order valence-corrected chi connectivity index (χ2v) is 2.79. The lowest BCUT2D eigenvalue weighted by Gasteiger charge is -2.12. The van der Waals surface area contributed by atoms with Crippen molar-refractivity contribution in [2.24, 2.45) is 5.73 Å². The van der Waals surface area contributed by atoms with Crippen LogP contribution in [-0.4, -0.2) is 24.5 Å². The summed E-state index contributed by atoms with van der Waals surface area (Å²) >= 11 is 0. The topological polar surface area (TPSA) is 95.2 Å². The molecule has 0 aromatic carbocycles. The number of hydrogen-bond acceptors (Lipinski definition) is 4. The number of amides is 1. The summed E-state index contributed by atoms with van der Waals surface area (Å²) in [5.41, 5.74) is 5.06. The Hall–Kier alpha value is -1.10. The molecule has 0 saturated carbocycles. The van der Waals surface area contributed by atoms with Crippen LogP contribution in [-0.2, 0) is 9.59 Å². The monoisotopic (exact) mass is 187 g/mol. The standard InChI is InChI=1S/C8H16N2O3/c1-2-6(8(9)13)10-5-3-4-7(11)12/h6,10H,2-5H2,1H3,(H2,9,13)(H,11,12)/p-1/t6-/m1/s1. The van der Waals surface area contributed by atoms with E-state index < -0.39 is 11.9 Å². The lowest BCUT2D eigenvalue weighted by atomic mass is 10.2. The molecule has 0 aliphatic rings. The molecular formula is C8H15N2O3-. The molecule has 1 amide bonds. The quantitative estimate of drug-likeness (QED) is 0.468. The van der Waals surface area contributed by atoms with Gasteiger partial charge in [0.25, 0.3) is 0 Å². The zero-order valence-corrected chi connectivity index (χ0v) is 7.71. The molecule has 13 heavy (non-hydrogen) atoms. The van der Waals surface area contributed by atoms with E-state index >= 15 is 0 Å². The minimum atomic E-state index is -1.08. The number of primary amides is 1. The average molecular weight is 187 g/mol. The maximum absolute atomic E-state index is 10.7. The zero-order valence-electron chi connectivity index (χ0n) is 7.71. The summed E-state index contributed by atoms with van der Waals surface area (Å²) in [6.45, 7) is 2.30. The Morgan fingerprint density at radius 2 is 2.15 bits per heavy atom. The number of hydrogen-bond donors (Lipinski definition) is 2. The van der Waals surface area contributed by atoms with Crippen molar-refractivity contribution in [1.29, 1.82) is 0 Å². The first-order valence-corrected chi connectivity index (χ1v) is 4.30. The van der Waals surface area contributed by atoms with Crippen molar-refractivity contribution in [3.8, 4) is 0 Å². The van der Waals surface area contributed by atoms with Crippen LogP contribution in [0.1, 0.15) is 26.2 Å². The fraction of sp³-hybridized carbons (Fsp3) is 0.750. The van der Waals surface area contributed by atoms with Crippen LogP contribution in [0, 0.1) is 0 Å². The molecule has 0 rings (SSSR count). The fourth-order valence-electron chi connectivity index (χ4n) is 0.955. The van der Waals surface area contributed by atoms with Gasteiger partial charge < -0.3 is 21.0 Å². The summed E-state index contributed by atoms with van der Waals surface area (Å²) in [6, 6.07) is -0.359. The van der Waals surface area contributed by atoms with Gasteiger partial charge in [-0.2, -0.15) is 0 Å². The number of carboxylic acid groups (broad SMARTS) is 1. The minimum absolute atomic E-state index is 0.00218. The van der Waals surface area contributed by atoms with E-state index in [2.05, 4.69) is 5.32 Å². The Bertz CT molecular complexity index is 182. The number of rotatable bonds is 7. The molecule has 0 aliphatic carbocycles. The minimum Gasteiger partial charge on any atom is -0.550 e. The van der Waals surface area contributed by atoms with Gasteiger partial charge in [-0.1, -0.05) is 6.92 Å². The van der Waals surface area contributed by atoms with E-state index in [1.165, 1.54) is 0 Å². The number of carboxylic acids is 1. The molecule has 0 aliphatic heterocycles. The third kappa shape index (κ3) is 6.10. The molecular weight excluding hydrogens is 172 g/mol. The largest absolute Gasteiger partial charge is 0.550 e. The molecule has 3 N–H and O–H groups in total. The predicted octanol–water partition coefficient (Wildman–Crippen LogP) is -1.63. The Morgan fingerprint density at radius 1 is 1.54 bits per heavy atom. The highest BCUT2D eigenvalue weighted by molar-refractivity contribution is 5.79. The Labute approximate surface area is 77.3 Å². The van der Waals surface area contributed by atoms with Gasteiger partial charge in [-0.05, 0) is 25.8 Å². The first kappa shape index (κ1) is 11.9. The Balaban J connectivity index is 3.50. The first-order chi connectivity index (χ1) is 6.07. The van der Waals surface area contributed by atoms with E-state index in [1.54, 1.807) is 0 Å². The van der Waals surface area contributed by atoms with Gasteiger partial charge in [-0.25, -0.2) is 0 Å². The molecule has 0 fully saturated rings. The summed E-state index contributed by atoms with van der Waals surface area (Å²) in [7, 11) is 0. The van der Waals surface area contributed by atoms with Crippen molar-refractivity contribution in [1.82, 2.24) is 5.32 Å². The molecule has 0 unspecified atom stereocenters. The average Bonchev–Trinajstić information content (AvgIpc) is 2.03. The molecule has 1 atom stereocenters. The smallest absolute Gasteiger partial charge is 0.234 e. The van der Waals surface area contributed by atoms with Crippen LogP contribution in [0.3, 0.4) is 0 Å². The second kappa shape index (κ2) is 6.42. The van der Waals surface area contributed by atoms with Crippen LogP contribution in [0.5, 0.6) is 0 Å². The van der Waals surface area contributed by atoms with Gasteiger partial charge in [0.05, 0.1) is 6.04 Å². The zero-order chi connectivity index (χ0) is 10.3. The van der Waals surface area contributed by atoms with Gasteiger partial charge in [0.2, 0.25) is 5.91 Å². The third-order valence-corrected chi connectivity index (χ3v) is 1.70. The number of nitrogens with two attached hydrogens (primary N) is 1. The first-order valence-electron chi connectivity index (χ1n) is 4.30. The van der Waals surface area contributed by atoms with E-state index in [4.69, 9.17) is 5.73 Å². The molecule has 0 spiro atoms. The highest BCUT2D eigenvalue weighted by atomic mass is 16.4. The second-order valence-electron chi connectivity index (χ2n) is 2.79. The Morgan fingerprint density at radius 3 is 2.54 bits per heavy atom. The third-order valence-electron chi connectivity index (χ3n) is 1.70. The summed E-state index contributed by atoms with van der Waals surface area (Å²) < 4.78 is 0. The fourth-order valence-corrected chi connectivity index (χ4v) is 0.955. The van der Waals surface area contributed by atoms with Crippen LogP contribution in [0.4, 0.5) is 0 Å². The molecule has 0 bridgehead atoms. The predicted molar refractivity (Wildman–Crippen MR) is 45.5 cm³/mol. The SMILES string of the molecule is CC[C@@H](NCCCC(=O)[O-])C(N)=O. The highest BCUT2D eigenvalue weighted by Gasteiger charge is 2.10. The van der Waals surface area contributed by atoms with Crippen molar-refractivity contribution in [2.75, 3.05) is 6.54 Å².